The van der Waals surface area contributed by atoms with E-state index in [2.05, 4.69) is 23.7 Å². The molecule has 1 aromatic heterocycles. The van der Waals surface area contributed by atoms with Gasteiger partial charge < -0.3 is 15.8 Å². The number of esters is 1. The second-order valence-electron chi connectivity index (χ2n) is 4.17. The highest BCUT2D eigenvalue weighted by molar-refractivity contribution is 7.10. The molecule has 0 amide bonds. The van der Waals surface area contributed by atoms with E-state index in [0.29, 0.717) is 17.8 Å². The summed E-state index contributed by atoms with van der Waals surface area (Å²) in [6.45, 7) is 2.76. The number of aryl methyl sites for hydroxylation is 1. The molecule has 0 aliphatic heterocycles. The van der Waals surface area contributed by atoms with Crippen LogP contribution in [0.4, 0.5) is 11.4 Å². The largest absolute Gasteiger partial charge is 0.465 e. The van der Waals surface area contributed by atoms with Gasteiger partial charge in [0, 0.05) is 11.4 Å². The Balaban J connectivity index is 2.15. The minimum atomic E-state index is -0.365. The van der Waals surface area contributed by atoms with Crippen LogP contribution in [0.3, 0.4) is 0 Å². The van der Waals surface area contributed by atoms with Gasteiger partial charge in [0.15, 0.2) is 0 Å². The molecule has 0 saturated heterocycles. The van der Waals surface area contributed by atoms with Crippen LogP contribution >= 0.6 is 11.3 Å². The first-order valence-corrected chi connectivity index (χ1v) is 6.74. The van der Waals surface area contributed by atoms with Gasteiger partial charge in [-0.05, 0) is 42.1 Å². The van der Waals surface area contributed by atoms with Crippen molar-refractivity contribution >= 4 is 28.7 Å². The van der Waals surface area contributed by atoms with Crippen LogP contribution in [0.25, 0.3) is 0 Å². The van der Waals surface area contributed by atoms with Gasteiger partial charge in [0.25, 0.3) is 0 Å². The maximum atomic E-state index is 11.5. The van der Waals surface area contributed by atoms with E-state index in [1.54, 1.807) is 29.5 Å². The summed E-state index contributed by atoms with van der Waals surface area (Å²) in [5.41, 5.74) is 8.99. The Bertz CT molecular complexity index is 593. The van der Waals surface area contributed by atoms with E-state index in [4.69, 9.17) is 10.5 Å². The summed E-state index contributed by atoms with van der Waals surface area (Å²) in [7, 11) is 1.36. The molecule has 0 aliphatic rings. The van der Waals surface area contributed by atoms with Gasteiger partial charge in [-0.3, -0.25) is 0 Å². The Kier molecular flexibility index (Phi) is 4.06. The van der Waals surface area contributed by atoms with Crippen molar-refractivity contribution in [2.24, 2.45) is 0 Å². The fraction of sp³-hybridized carbons (Fsp3) is 0.214. The van der Waals surface area contributed by atoms with Crippen molar-refractivity contribution in [3.63, 3.8) is 0 Å². The molecule has 0 bridgehead atoms. The molecule has 0 unspecified atom stereocenters. The molecule has 19 heavy (non-hydrogen) atoms. The number of carbonyl (C=O) groups excluding carboxylic acids is 1. The molecule has 100 valence electrons. The van der Waals surface area contributed by atoms with Gasteiger partial charge in [-0.1, -0.05) is 0 Å². The number of carbonyl (C=O) groups is 1. The number of hydrogen-bond donors (Lipinski definition) is 2. The smallest absolute Gasteiger partial charge is 0.337 e. The molecule has 0 radical (unpaired) electrons. The van der Waals surface area contributed by atoms with Gasteiger partial charge in [0.05, 0.1) is 24.0 Å². The average Bonchev–Trinajstić information content (AvgIpc) is 2.82. The van der Waals surface area contributed by atoms with Crippen LogP contribution in [0.2, 0.25) is 0 Å². The number of methoxy groups -OCH3 is 1. The number of nitrogens with two attached hydrogens (primary N) is 1. The Morgan fingerprint density at radius 1 is 1.42 bits per heavy atom. The van der Waals surface area contributed by atoms with Gasteiger partial charge in [0.1, 0.15) is 0 Å². The minimum absolute atomic E-state index is 0.365. The summed E-state index contributed by atoms with van der Waals surface area (Å²) >= 11 is 1.69. The molecular formula is C14H16N2O2S. The zero-order valence-electron chi connectivity index (χ0n) is 10.9. The number of nitrogen functional groups attached to an aromatic ring is 1. The van der Waals surface area contributed by atoms with E-state index in [9.17, 15) is 4.79 Å². The first-order valence-electron chi connectivity index (χ1n) is 5.86. The second kappa shape index (κ2) is 5.75. The molecule has 1 aromatic carbocycles. The number of anilines is 2. The Morgan fingerprint density at radius 2 is 2.21 bits per heavy atom. The number of rotatable bonds is 4. The summed E-state index contributed by atoms with van der Waals surface area (Å²) in [5, 5.41) is 5.31. The number of nitrogens with one attached hydrogen (secondary N) is 1. The lowest BCUT2D eigenvalue weighted by atomic mass is 10.1. The van der Waals surface area contributed by atoms with Crippen LogP contribution in [0.1, 0.15) is 20.8 Å². The highest BCUT2D eigenvalue weighted by atomic mass is 32.1. The Hall–Kier alpha value is -2.01. The summed E-state index contributed by atoms with van der Waals surface area (Å²) in [6.07, 6.45) is 0. The molecule has 1 heterocycles. The molecule has 2 rings (SSSR count). The molecule has 0 atom stereocenters. The highest BCUT2D eigenvalue weighted by Gasteiger charge is 2.08. The van der Waals surface area contributed by atoms with Crippen LogP contribution in [0, 0.1) is 6.92 Å². The topological polar surface area (TPSA) is 64.3 Å². The van der Waals surface area contributed by atoms with Crippen LogP contribution in [-0.4, -0.2) is 13.1 Å². The van der Waals surface area contributed by atoms with Crippen LogP contribution in [-0.2, 0) is 11.3 Å². The zero-order valence-corrected chi connectivity index (χ0v) is 11.7. The number of benzene rings is 1. The lowest BCUT2D eigenvalue weighted by molar-refractivity contribution is 0.0601. The molecule has 2 aromatic rings. The van der Waals surface area contributed by atoms with E-state index in [1.165, 1.54) is 17.6 Å². The monoisotopic (exact) mass is 276 g/mol. The first-order chi connectivity index (χ1) is 9.11. The fourth-order valence-corrected chi connectivity index (χ4v) is 2.56. The average molecular weight is 276 g/mol. The third kappa shape index (κ3) is 3.06. The molecular weight excluding hydrogens is 260 g/mol. The zero-order chi connectivity index (χ0) is 13.8. The normalized spacial score (nSPS) is 10.2. The fourth-order valence-electron chi connectivity index (χ4n) is 1.71. The van der Waals surface area contributed by atoms with E-state index >= 15 is 0 Å². The lowest BCUT2D eigenvalue weighted by Crippen LogP contribution is -2.06. The molecule has 4 nitrogen and oxygen atoms in total. The van der Waals surface area contributed by atoms with Crippen LogP contribution < -0.4 is 11.1 Å². The van der Waals surface area contributed by atoms with Crippen LogP contribution in [0.15, 0.2) is 29.6 Å². The molecule has 3 N–H and O–H groups in total. The quantitative estimate of drug-likeness (QED) is 0.665. The summed E-state index contributed by atoms with van der Waals surface area (Å²) in [5.74, 6) is -0.365. The number of thiophene rings is 1. The van der Waals surface area contributed by atoms with Crippen molar-refractivity contribution in [3.8, 4) is 0 Å². The van der Waals surface area contributed by atoms with Gasteiger partial charge in [0.2, 0.25) is 0 Å². The molecule has 0 saturated carbocycles. The summed E-state index contributed by atoms with van der Waals surface area (Å²) < 4.78 is 4.70. The lowest BCUT2D eigenvalue weighted by Gasteiger charge is -2.10. The minimum Gasteiger partial charge on any atom is -0.465 e. The number of ether oxygens (including phenoxy) is 1. The highest BCUT2D eigenvalue weighted by Crippen LogP contribution is 2.23. The second-order valence-corrected chi connectivity index (χ2v) is 5.17. The third-order valence-electron chi connectivity index (χ3n) is 2.88. The van der Waals surface area contributed by atoms with E-state index in [0.717, 1.165) is 5.69 Å². The summed E-state index contributed by atoms with van der Waals surface area (Å²) in [6, 6.07) is 7.15. The van der Waals surface area contributed by atoms with Gasteiger partial charge in [-0.15, -0.1) is 11.3 Å². The number of hydrogen-bond acceptors (Lipinski definition) is 5. The van der Waals surface area contributed by atoms with Crippen molar-refractivity contribution in [1.29, 1.82) is 0 Å². The predicted molar refractivity (Wildman–Crippen MR) is 78.6 cm³/mol. The SMILES string of the molecule is COC(=O)c1ccc(N)c(NCc2sccc2C)c1. The van der Waals surface area contributed by atoms with Crippen molar-refractivity contribution in [2.75, 3.05) is 18.2 Å². The molecule has 0 spiro atoms. The van der Waals surface area contributed by atoms with Crippen molar-refractivity contribution in [2.45, 2.75) is 13.5 Å². The third-order valence-corrected chi connectivity index (χ3v) is 3.90. The predicted octanol–water partition coefficient (Wildman–Crippen LogP) is 3.04. The van der Waals surface area contributed by atoms with Gasteiger partial charge in [-0.25, -0.2) is 4.79 Å². The van der Waals surface area contributed by atoms with Gasteiger partial charge in [-0.2, -0.15) is 0 Å². The van der Waals surface area contributed by atoms with E-state index in [1.807, 2.05) is 0 Å². The molecule has 0 aliphatic carbocycles. The summed E-state index contributed by atoms with van der Waals surface area (Å²) in [4.78, 5) is 12.7. The Labute approximate surface area is 116 Å². The van der Waals surface area contributed by atoms with Crippen molar-refractivity contribution in [3.05, 3.63) is 45.6 Å². The van der Waals surface area contributed by atoms with Gasteiger partial charge >= 0.3 is 5.97 Å². The van der Waals surface area contributed by atoms with Crippen LogP contribution in [0.5, 0.6) is 0 Å². The maximum absolute atomic E-state index is 11.5. The van der Waals surface area contributed by atoms with E-state index < -0.39 is 0 Å². The molecule has 0 fully saturated rings. The molecule has 5 heteroatoms. The van der Waals surface area contributed by atoms with E-state index in [-0.39, 0.29) is 5.97 Å². The Morgan fingerprint density at radius 3 is 2.84 bits per heavy atom. The van der Waals surface area contributed by atoms with Crippen molar-refractivity contribution < 1.29 is 9.53 Å². The maximum Gasteiger partial charge on any atom is 0.337 e. The standard InChI is InChI=1S/C14H16N2O2S/c1-9-5-6-19-13(9)8-16-12-7-10(14(17)18-2)3-4-11(12)15/h3-7,16H,8,15H2,1-2H3. The first kappa shape index (κ1) is 13.4. The van der Waals surface area contributed by atoms with Crippen molar-refractivity contribution in [1.82, 2.24) is 0 Å².